The van der Waals surface area contributed by atoms with Crippen molar-refractivity contribution in [2.45, 2.75) is 32.4 Å². The molecule has 0 aliphatic carbocycles. The molecule has 1 amide bonds. The average molecular weight is 281 g/mol. The molecule has 112 valence electrons. The molecule has 1 aliphatic rings. The van der Waals surface area contributed by atoms with Crippen LogP contribution in [0.3, 0.4) is 0 Å². The second kappa shape index (κ2) is 6.81. The summed E-state index contributed by atoms with van der Waals surface area (Å²) < 4.78 is 5.19. The van der Waals surface area contributed by atoms with E-state index < -0.39 is 0 Å². The first-order valence-corrected chi connectivity index (χ1v) is 7.09. The summed E-state index contributed by atoms with van der Waals surface area (Å²) >= 11 is 0. The third kappa shape index (κ3) is 3.55. The molecule has 1 fully saturated rings. The number of carbonyl (C=O) groups is 1. The van der Waals surface area contributed by atoms with E-state index in [-0.39, 0.29) is 11.9 Å². The Labute approximate surface area is 119 Å². The van der Waals surface area contributed by atoms with Gasteiger partial charge in [0, 0.05) is 40.2 Å². The fraction of sp³-hybridized carbons (Fsp3) is 0.769. The monoisotopic (exact) mass is 281 g/mol. The van der Waals surface area contributed by atoms with Crippen LogP contribution in [-0.4, -0.2) is 65.6 Å². The first-order valence-electron chi connectivity index (χ1n) is 7.09. The van der Waals surface area contributed by atoms with Crippen LogP contribution < -0.4 is 5.32 Å². The molecule has 1 aromatic rings. The Kier molecular flexibility index (Phi) is 5.08. The second-order valence-electron chi connectivity index (χ2n) is 5.28. The molecule has 7 nitrogen and oxygen atoms in total. The summed E-state index contributed by atoms with van der Waals surface area (Å²) in [6.07, 6.45) is 1.78. The van der Waals surface area contributed by atoms with Crippen molar-refractivity contribution in [2.24, 2.45) is 0 Å². The lowest BCUT2D eigenvalue weighted by atomic mass is 10.1. The van der Waals surface area contributed by atoms with Gasteiger partial charge in [-0.25, -0.2) is 0 Å². The SMILES string of the molecule is CCCc1nc(CN2CCNCC2C(=O)N(C)C)no1. The van der Waals surface area contributed by atoms with Crippen molar-refractivity contribution < 1.29 is 9.32 Å². The van der Waals surface area contributed by atoms with Gasteiger partial charge in [0.05, 0.1) is 6.54 Å². The van der Waals surface area contributed by atoms with E-state index in [0.29, 0.717) is 24.8 Å². The number of aromatic nitrogens is 2. The van der Waals surface area contributed by atoms with Crippen LogP contribution in [-0.2, 0) is 17.8 Å². The highest BCUT2D eigenvalue weighted by atomic mass is 16.5. The second-order valence-corrected chi connectivity index (χ2v) is 5.28. The number of likely N-dealkylation sites (N-methyl/N-ethyl adjacent to an activating group) is 1. The van der Waals surface area contributed by atoms with E-state index in [1.807, 2.05) is 0 Å². The van der Waals surface area contributed by atoms with E-state index in [4.69, 9.17) is 4.52 Å². The van der Waals surface area contributed by atoms with Crippen LogP contribution in [0.15, 0.2) is 4.52 Å². The van der Waals surface area contributed by atoms with Gasteiger partial charge in [-0.2, -0.15) is 4.98 Å². The molecule has 0 saturated carbocycles. The molecule has 1 aromatic heterocycles. The lowest BCUT2D eigenvalue weighted by molar-refractivity contribution is -0.135. The van der Waals surface area contributed by atoms with Crippen LogP contribution in [0.5, 0.6) is 0 Å². The number of carbonyl (C=O) groups excluding carboxylic acids is 1. The van der Waals surface area contributed by atoms with Gasteiger partial charge in [-0.3, -0.25) is 9.69 Å². The molecule has 1 saturated heterocycles. The Balaban J connectivity index is 2.02. The number of nitrogens with one attached hydrogen (secondary N) is 1. The maximum absolute atomic E-state index is 12.2. The van der Waals surface area contributed by atoms with E-state index in [2.05, 4.69) is 27.3 Å². The van der Waals surface area contributed by atoms with E-state index in [1.54, 1.807) is 19.0 Å². The van der Waals surface area contributed by atoms with E-state index in [9.17, 15) is 4.79 Å². The van der Waals surface area contributed by atoms with Crippen molar-refractivity contribution in [2.75, 3.05) is 33.7 Å². The molecule has 7 heteroatoms. The van der Waals surface area contributed by atoms with Crippen molar-refractivity contribution in [3.8, 4) is 0 Å². The molecule has 1 unspecified atom stereocenters. The van der Waals surface area contributed by atoms with Gasteiger partial charge in [0.1, 0.15) is 6.04 Å². The summed E-state index contributed by atoms with van der Waals surface area (Å²) in [6, 6.07) is -0.160. The number of nitrogens with zero attached hydrogens (tertiary/aromatic N) is 4. The van der Waals surface area contributed by atoms with Crippen LogP contribution in [0.2, 0.25) is 0 Å². The summed E-state index contributed by atoms with van der Waals surface area (Å²) in [7, 11) is 3.56. The molecule has 20 heavy (non-hydrogen) atoms. The van der Waals surface area contributed by atoms with Gasteiger partial charge in [0.15, 0.2) is 5.82 Å². The molecule has 0 bridgehead atoms. The van der Waals surface area contributed by atoms with Crippen molar-refractivity contribution in [1.29, 1.82) is 0 Å². The van der Waals surface area contributed by atoms with Gasteiger partial charge in [0.25, 0.3) is 0 Å². The average Bonchev–Trinajstić information content (AvgIpc) is 2.86. The Morgan fingerprint density at radius 3 is 3.05 bits per heavy atom. The normalized spacial score (nSPS) is 20.1. The molecule has 2 rings (SSSR count). The molecular formula is C13H23N5O2. The third-order valence-electron chi connectivity index (χ3n) is 3.40. The Hall–Kier alpha value is -1.47. The highest BCUT2D eigenvalue weighted by Crippen LogP contribution is 2.11. The topological polar surface area (TPSA) is 74.5 Å². The predicted octanol–water partition coefficient (Wildman–Crippen LogP) is -0.116. The molecule has 0 aromatic carbocycles. The van der Waals surface area contributed by atoms with Crippen molar-refractivity contribution >= 4 is 5.91 Å². The summed E-state index contributed by atoms with van der Waals surface area (Å²) in [6.45, 7) is 4.97. The van der Waals surface area contributed by atoms with Gasteiger partial charge in [-0.05, 0) is 6.42 Å². The molecule has 1 aliphatic heterocycles. The number of aryl methyl sites for hydroxylation is 1. The van der Waals surface area contributed by atoms with Crippen LogP contribution in [0.4, 0.5) is 0 Å². The van der Waals surface area contributed by atoms with E-state index in [0.717, 1.165) is 25.9 Å². The predicted molar refractivity (Wildman–Crippen MR) is 74.1 cm³/mol. The number of hydrogen-bond acceptors (Lipinski definition) is 6. The number of rotatable bonds is 5. The van der Waals surface area contributed by atoms with Gasteiger partial charge >= 0.3 is 0 Å². The van der Waals surface area contributed by atoms with Crippen LogP contribution in [0.25, 0.3) is 0 Å². The first kappa shape index (κ1) is 14.9. The minimum Gasteiger partial charge on any atom is -0.347 e. The highest BCUT2D eigenvalue weighted by molar-refractivity contribution is 5.81. The minimum absolute atomic E-state index is 0.106. The minimum atomic E-state index is -0.160. The number of amides is 1. The summed E-state index contributed by atoms with van der Waals surface area (Å²) in [4.78, 5) is 20.3. The Morgan fingerprint density at radius 1 is 1.55 bits per heavy atom. The molecule has 0 radical (unpaired) electrons. The van der Waals surface area contributed by atoms with Crippen molar-refractivity contribution in [1.82, 2.24) is 25.3 Å². The summed E-state index contributed by atoms with van der Waals surface area (Å²) in [5, 5.41) is 7.25. The van der Waals surface area contributed by atoms with Gasteiger partial charge < -0.3 is 14.7 Å². The van der Waals surface area contributed by atoms with E-state index >= 15 is 0 Å². The smallest absolute Gasteiger partial charge is 0.240 e. The number of piperazine rings is 1. The molecule has 1 atom stereocenters. The van der Waals surface area contributed by atoms with Crippen LogP contribution >= 0.6 is 0 Å². The maximum atomic E-state index is 12.2. The lowest BCUT2D eigenvalue weighted by Crippen LogP contribution is -2.57. The molecule has 0 spiro atoms. The zero-order valence-corrected chi connectivity index (χ0v) is 12.4. The van der Waals surface area contributed by atoms with Gasteiger partial charge in [-0.15, -0.1) is 0 Å². The largest absolute Gasteiger partial charge is 0.347 e. The Morgan fingerprint density at radius 2 is 2.35 bits per heavy atom. The van der Waals surface area contributed by atoms with Crippen LogP contribution in [0.1, 0.15) is 25.1 Å². The van der Waals surface area contributed by atoms with Gasteiger partial charge in [0.2, 0.25) is 11.8 Å². The standard InChI is InChI=1S/C13H23N5O2/c1-4-5-12-15-11(16-20-12)9-18-7-6-14-8-10(18)13(19)17(2)3/h10,14H,4-9H2,1-3H3. The Bertz CT molecular complexity index is 446. The third-order valence-corrected chi connectivity index (χ3v) is 3.40. The van der Waals surface area contributed by atoms with Crippen LogP contribution in [0, 0.1) is 0 Å². The zero-order valence-electron chi connectivity index (χ0n) is 12.4. The van der Waals surface area contributed by atoms with Gasteiger partial charge in [-0.1, -0.05) is 12.1 Å². The van der Waals surface area contributed by atoms with Crippen molar-refractivity contribution in [3.05, 3.63) is 11.7 Å². The molecule has 2 heterocycles. The van der Waals surface area contributed by atoms with E-state index in [1.165, 1.54) is 0 Å². The summed E-state index contributed by atoms with van der Waals surface area (Å²) in [5.74, 6) is 1.44. The first-order chi connectivity index (χ1) is 9.61. The summed E-state index contributed by atoms with van der Waals surface area (Å²) in [5.41, 5.74) is 0. The fourth-order valence-electron chi connectivity index (χ4n) is 2.33. The maximum Gasteiger partial charge on any atom is 0.240 e. The molecular weight excluding hydrogens is 258 g/mol. The fourth-order valence-corrected chi connectivity index (χ4v) is 2.33. The number of hydrogen-bond donors (Lipinski definition) is 1. The quantitative estimate of drug-likeness (QED) is 0.811. The lowest BCUT2D eigenvalue weighted by Gasteiger charge is -2.35. The zero-order chi connectivity index (χ0) is 14.5. The molecule has 1 N–H and O–H groups in total. The highest BCUT2D eigenvalue weighted by Gasteiger charge is 2.30. The van der Waals surface area contributed by atoms with Crippen molar-refractivity contribution in [3.63, 3.8) is 0 Å².